The molecule has 0 bridgehead atoms. The summed E-state index contributed by atoms with van der Waals surface area (Å²) in [6, 6.07) is 10.3. The van der Waals surface area contributed by atoms with Crippen molar-refractivity contribution in [2.75, 3.05) is 39.8 Å². The summed E-state index contributed by atoms with van der Waals surface area (Å²) in [5, 5.41) is 0.940. The molecule has 0 aromatic heterocycles. The maximum Gasteiger partial charge on any atom is 0.243 e. The maximum atomic E-state index is 13.4. The van der Waals surface area contributed by atoms with Gasteiger partial charge < -0.3 is 4.90 Å². The fourth-order valence-corrected chi connectivity index (χ4v) is 5.07. The van der Waals surface area contributed by atoms with Gasteiger partial charge in [-0.05, 0) is 42.9 Å². The third-order valence-corrected chi connectivity index (χ3v) is 7.50. The van der Waals surface area contributed by atoms with E-state index >= 15 is 0 Å². The molecule has 0 spiro atoms. The van der Waals surface area contributed by atoms with Crippen LogP contribution in [0.5, 0.6) is 0 Å². The van der Waals surface area contributed by atoms with Gasteiger partial charge in [-0.2, -0.15) is 4.31 Å². The Morgan fingerprint density at radius 1 is 1.07 bits per heavy atom. The first-order valence-corrected chi connectivity index (χ1v) is 11.5. The molecule has 3 rings (SSSR count). The number of sulfonamides is 1. The lowest BCUT2D eigenvalue weighted by molar-refractivity contribution is -0.133. The Kier molecular flexibility index (Phi) is 7.36. The maximum absolute atomic E-state index is 13.4. The molecule has 2 aromatic carbocycles. The minimum Gasteiger partial charge on any atom is -0.339 e. The number of likely N-dealkylation sites (N-methyl/N-ethyl adjacent to an activating group) is 1. The van der Waals surface area contributed by atoms with E-state index in [0.717, 1.165) is 11.6 Å². The molecule has 1 saturated heterocycles. The molecule has 30 heavy (non-hydrogen) atoms. The molecule has 0 unspecified atom stereocenters. The van der Waals surface area contributed by atoms with Gasteiger partial charge in [-0.1, -0.05) is 35.3 Å². The largest absolute Gasteiger partial charge is 0.339 e. The number of nitrogens with zero attached hydrogens (tertiary/aromatic N) is 3. The quantitative estimate of drug-likeness (QED) is 0.646. The van der Waals surface area contributed by atoms with Crippen molar-refractivity contribution >= 4 is 39.1 Å². The van der Waals surface area contributed by atoms with E-state index in [1.165, 1.54) is 22.5 Å². The summed E-state index contributed by atoms with van der Waals surface area (Å²) in [7, 11) is -1.96. The van der Waals surface area contributed by atoms with Crippen LogP contribution in [0.15, 0.2) is 47.4 Å². The molecule has 0 aliphatic carbocycles. The summed E-state index contributed by atoms with van der Waals surface area (Å²) in [5.74, 6) is -0.685. The SMILES string of the molecule is CN(CC(=O)N1CCN(S(=O)(=O)c2cccc(F)c2)CC1)Cc1ccc(Cl)c(Cl)c1. The third-order valence-electron chi connectivity index (χ3n) is 4.87. The number of hydrogen-bond donors (Lipinski definition) is 0. The van der Waals surface area contributed by atoms with Gasteiger partial charge in [0.25, 0.3) is 0 Å². The lowest BCUT2D eigenvalue weighted by Gasteiger charge is -2.34. The summed E-state index contributed by atoms with van der Waals surface area (Å²) < 4.78 is 40.0. The minimum absolute atomic E-state index is 0.0800. The molecule has 10 heteroatoms. The van der Waals surface area contributed by atoms with E-state index in [1.54, 1.807) is 17.0 Å². The Hall–Kier alpha value is -1.71. The van der Waals surface area contributed by atoms with Gasteiger partial charge in [0, 0.05) is 32.7 Å². The van der Waals surface area contributed by atoms with E-state index < -0.39 is 15.8 Å². The highest BCUT2D eigenvalue weighted by atomic mass is 35.5. The van der Waals surface area contributed by atoms with Crippen molar-refractivity contribution in [3.05, 3.63) is 63.9 Å². The Bertz CT molecular complexity index is 1030. The first-order valence-electron chi connectivity index (χ1n) is 9.33. The van der Waals surface area contributed by atoms with E-state index in [-0.39, 0.29) is 43.5 Å². The molecule has 2 aromatic rings. The standard InChI is InChI=1S/C20H22Cl2FN3O3S/c1-24(13-15-5-6-18(21)19(22)11-15)14-20(27)25-7-9-26(10-8-25)30(28,29)17-4-2-3-16(23)12-17/h2-6,11-12H,7-10,13-14H2,1H3. The molecular formula is C20H22Cl2FN3O3S. The molecule has 0 radical (unpaired) electrons. The summed E-state index contributed by atoms with van der Waals surface area (Å²) in [4.78, 5) is 16.0. The highest BCUT2D eigenvalue weighted by Gasteiger charge is 2.30. The van der Waals surface area contributed by atoms with Crippen LogP contribution >= 0.6 is 23.2 Å². The normalized spacial score (nSPS) is 15.6. The second-order valence-electron chi connectivity index (χ2n) is 7.16. The van der Waals surface area contributed by atoms with Gasteiger partial charge >= 0.3 is 0 Å². The number of rotatable bonds is 6. The van der Waals surface area contributed by atoms with Crippen LogP contribution < -0.4 is 0 Å². The molecule has 6 nitrogen and oxygen atoms in total. The van der Waals surface area contributed by atoms with Crippen molar-refractivity contribution in [1.82, 2.24) is 14.1 Å². The number of carbonyl (C=O) groups excluding carboxylic acids is 1. The minimum atomic E-state index is -3.78. The molecule has 0 saturated carbocycles. The lowest BCUT2D eigenvalue weighted by atomic mass is 10.2. The fraction of sp³-hybridized carbons (Fsp3) is 0.350. The Labute approximate surface area is 185 Å². The van der Waals surface area contributed by atoms with Crippen LogP contribution in [0.3, 0.4) is 0 Å². The van der Waals surface area contributed by atoms with Crippen LogP contribution in [0.2, 0.25) is 10.0 Å². The topological polar surface area (TPSA) is 60.9 Å². The smallest absolute Gasteiger partial charge is 0.243 e. The summed E-state index contributed by atoms with van der Waals surface area (Å²) in [6.07, 6.45) is 0. The average Bonchev–Trinajstić information content (AvgIpc) is 2.71. The molecule has 0 N–H and O–H groups in total. The second kappa shape index (κ2) is 9.62. The summed E-state index contributed by atoms with van der Waals surface area (Å²) in [6.45, 7) is 1.62. The Balaban J connectivity index is 1.54. The second-order valence-corrected chi connectivity index (χ2v) is 9.92. The first-order chi connectivity index (χ1) is 14.2. The predicted octanol–water partition coefficient (Wildman–Crippen LogP) is 3.10. The van der Waals surface area contributed by atoms with Crippen molar-refractivity contribution in [3.63, 3.8) is 0 Å². The zero-order valence-electron chi connectivity index (χ0n) is 16.4. The molecule has 1 heterocycles. The predicted molar refractivity (Wildman–Crippen MR) is 115 cm³/mol. The highest BCUT2D eigenvalue weighted by Crippen LogP contribution is 2.23. The van der Waals surface area contributed by atoms with E-state index in [0.29, 0.717) is 16.6 Å². The fourth-order valence-electron chi connectivity index (χ4n) is 3.29. The van der Waals surface area contributed by atoms with Gasteiger partial charge in [-0.25, -0.2) is 12.8 Å². The van der Waals surface area contributed by atoms with Crippen molar-refractivity contribution in [1.29, 1.82) is 0 Å². The number of benzene rings is 2. The van der Waals surface area contributed by atoms with Crippen LogP contribution in [-0.2, 0) is 21.4 Å². The van der Waals surface area contributed by atoms with E-state index in [1.807, 2.05) is 18.0 Å². The van der Waals surface area contributed by atoms with Gasteiger partial charge in [0.2, 0.25) is 15.9 Å². The van der Waals surface area contributed by atoms with Crippen LogP contribution in [0.4, 0.5) is 4.39 Å². The molecule has 1 aliphatic heterocycles. The number of carbonyl (C=O) groups is 1. The molecule has 162 valence electrons. The van der Waals surface area contributed by atoms with Crippen molar-refractivity contribution < 1.29 is 17.6 Å². The third kappa shape index (κ3) is 5.50. The van der Waals surface area contributed by atoms with Crippen molar-refractivity contribution in [2.24, 2.45) is 0 Å². The Morgan fingerprint density at radius 3 is 2.40 bits per heavy atom. The van der Waals surface area contributed by atoms with E-state index in [4.69, 9.17) is 23.2 Å². The van der Waals surface area contributed by atoms with Crippen LogP contribution in [0, 0.1) is 5.82 Å². The number of piperazine rings is 1. The zero-order chi connectivity index (χ0) is 21.9. The summed E-state index contributed by atoms with van der Waals surface area (Å²) in [5.41, 5.74) is 0.936. The van der Waals surface area contributed by atoms with Crippen molar-refractivity contribution in [2.45, 2.75) is 11.4 Å². The van der Waals surface area contributed by atoms with Crippen LogP contribution in [-0.4, -0.2) is 68.2 Å². The Morgan fingerprint density at radius 2 is 1.77 bits per heavy atom. The lowest BCUT2D eigenvalue weighted by Crippen LogP contribution is -2.52. The van der Waals surface area contributed by atoms with E-state index in [2.05, 4.69) is 0 Å². The van der Waals surface area contributed by atoms with Gasteiger partial charge in [0.05, 0.1) is 21.5 Å². The first kappa shape index (κ1) is 23.0. The number of halogens is 3. The van der Waals surface area contributed by atoms with Gasteiger partial charge in [-0.3, -0.25) is 9.69 Å². The van der Waals surface area contributed by atoms with E-state index in [9.17, 15) is 17.6 Å². The van der Waals surface area contributed by atoms with Crippen molar-refractivity contribution in [3.8, 4) is 0 Å². The van der Waals surface area contributed by atoms with Crippen LogP contribution in [0.25, 0.3) is 0 Å². The molecule has 0 atom stereocenters. The number of hydrogen-bond acceptors (Lipinski definition) is 4. The molecule has 1 aliphatic rings. The molecular weight excluding hydrogens is 452 g/mol. The highest BCUT2D eigenvalue weighted by molar-refractivity contribution is 7.89. The molecule has 1 fully saturated rings. The van der Waals surface area contributed by atoms with Gasteiger partial charge in [0.15, 0.2) is 0 Å². The average molecular weight is 474 g/mol. The zero-order valence-corrected chi connectivity index (χ0v) is 18.7. The number of amides is 1. The van der Waals surface area contributed by atoms with Gasteiger partial charge in [-0.15, -0.1) is 0 Å². The van der Waals surface area contributed by atoms with Gasteiger partial charge in [0.1, 0.15) is 5.82 Å². The summed E-state index contributed by atoms with van der Waals surface area (Å²) >= 11 is 11.9. The molecule has 1 amide bonds. The monoisotopic (exact) mass is 473 g/mol. The van der Waals surface area contributed by atoms with Crippen LogP contribution in [0.1, 0.15) is 5.56 Å².